The first-order valence-corrected chi connectivity index (χ1v) is 5.99. The number of aromatic nitrogens is 1. The van der Waals surface area contributed by atoms with Crippen molar-refractivity contribution >= 4 is 16.9 Å². The van der Waals surface area contributed by atoms with Crippen molar-refractivity contribution in [3.8, 4) is 0 Å². The maximum Gasteiger partial charge on any atom is 0.157 e. The molecular weight excluding hydrogens is 206 g/mol. The predicted octanol–water partition coefficient (Wildman–Crippen LogP) is 2.05. The van der Waals surface area contributed by atoms with Gasteiger partial charge in [0.25, 0.3) is 0 Å². The fourth-order valence-corrected chi connectivity index (χ4v) is 2.42. The Hall–Kier alpha value is -1.03. The number of rotatable bonds is 2. The number of aliphatic imine (C=N–C) groups is 1. The first kappa shape index (κ1) is 10.5. The van der Waals surface area contributed by atoms with Crippen molar-refractivity contribution in [3.63, 3.8) is 0 Å². The fourth-order valence-electron chi connectivity index (χ4n) is 1.35. The van der Waals surface area contributed by atoms with E-state index in [2.05, 4.69) is 29.1 Å². The Kier molecular flexibility index (Phi) is 2.95. The molecule has 0 aliphatic carbocycles. The third kappa shape index (κ3) is 2.96. The van der Waals surface area contributed by atoms with E-state index in [0.717, 1.165) is 17.5 Å². The normalized spacial score (nSPS) is 21.6. The lowest BCUT2D eigenvalue weighted by molar-refractivity contribution is 0.536. The van der Waals surface area contributed by atoms with Crippen molar-refractivity contribution in [2.75, 3.05) is 5.75 Å². The molecule has 0 atom stereocenters. The van der Waals surface area contributed by atoms with E-state index in [4.69, 9.17) is 0 Å². The molecule has 2 heterocycles. The van der Waals surface area contributed by atoms with Crippen molar-refractivity contribution in [2.45, 2.75) is 25.9 Å². The van der Waals surface area contributed by atoms with Crippen LogP contribution in [0.25, 0.3) is 0 Å². The topological polar surface area (TPSA) is 37.3 Å². The van der Waals surface area contributed by atoms with E-state index in [1.54, 1.807) is 24.2 Å². The van der Waals surface area contributed by atoms with Crippen molar-refractivity contribution < 1.29 is 0 Å². The Morgan fingerprint density at radius 1 is 1.47 bits per heavy atom. The second kappa shape index (κ2) is 4.23. The molecule has 1 aromatic heterocycles. The van der Waals surface area contributed by atoms with Gasteiger partial charge in [-0.2, -0.15) is 0 Å². The maximum atomic E-state index is 4.53. The van der Waals surface area contributed by atoms with Crippen LogP contribution in [0, 0.1) is 0 Å². The second-order valence-electron chi connectivity index (χ2n) is 4.27. The van der Waals surface area contributed by atoms with Gasteiger partial charge < -0.3 is 5.32 Å². The number of hydrogen-bond acceptors (Lipinski definition) is 3. The third-order valence-corrected chi connectivity index (χ3v) is 3.54. The molecule has 4 heteroatoms. The molecule has 1 aliphatic rings. The summed E-state index contributed by atoms with van der Waals surface area (Å²) in [7, 11) is 0. The number of pyridine rings is 1. The number of thioether (sulfide) groups is 1. The van der Waals surface area contributed by atoms with E-state index in [1.807, 2.05) is 12.1 Å². The average Bonchev–Trinajstić information content (AvgIpc) is 2.57. The van der Waals surface area contributed by atoms with Gasteiger partial charge in [-0.15, -0.1) is 0 Å². The molecule has 1 aromatic rings. The molecule has 0 unspecified atom stereocenters. The van der Waals surface area contributed by atoms with E-state index in [1.165, 1.54) is 5.56 Å². The molecule has 1 N–H and O–H groups in total. The van der Waals surface area contributed by atoms with Gasteiger partial charge >= 0.3 is 0 Å². The lowest BCUT2D eigenvalue weighted by Crippen LogP contribution is -2.36. The predicted molar refractivity (Wildman–Crippen MR) is 65.0 cm³/mol. The summed E-state index contributed by atoms with van der Waals surface area (Å²) in [6.07, 6.45) is 3.60. The van der Waals surface area contributed by atoms with Crippen LogP contribution in [-0.2, 0) is 6.54 Å². The molecule has 1 fully saturated rings. The van der Waals surface area contributed by atoms with Crippen LogP contribution >= 0.6 is 11.8 Å². The molecule has 2 rings (SSSR count). The lowest BCUT2D eigenvalue weighted by atomic mass is 10.1. The highest BCUT2D eigenvalue weighted by atomic mass is 32.2. The largest absolute Gasteiger partial charge is 0.359 e. The lowest BCUT2D eigenvalue weighted by Gasteiger charge is -2.15. The summed E-state index contributed by atoms with van der Waals surface area (Å²) in [6.45, 7) is 5.11. The van der Waals surface area contributed by atoms with Gasteiger partial charge in [-0.1, -0.05) is 11.8 Å². The quantitative estimate of drug-likeness (QED) is 0.830. The number of hydrogen-bond donors (Lipinski definition) is 1. The Balaban J connectivity index is 1.96. The van der Waals surface area contributed by atoms with E-state index in [9.17, 15) is 0 Å². The summed E-state index contributed by atoms with van der Waals surface area (Å²) >= 11 is 1.79. The maximum absolute atomic E-state index is 4.53. The zero-order chi connectivity index (χ0) is 10.7. The molecule has 0 spiro atoms. The van der Waals surface area contributed by atoms with Gasteiger partial charge in [-0.3, -0.25) is 9.98 Å². The highest BCUT2D eigenvalue weighted by Gasteiger charge is 2.26. The Morgan fingerprint density at radius 2 is 2.20 bits per heavy atom. The van der Waals surface area contributed by atoms with Gasteiger partial charge in [0.05, 0.1) is 6.54 Å². The van der Waals surface area contributed by atoms with Gasteiger partial charge in [-0.05, 0) is 31.5 Å². The standard InChI is InChI=1S/C11H15N3S/c1-11(2)8-15-10(14-11)13-7-9-3-5-12-6-4-9/h3-6H,7-8H2,1-2H3,(H,13,14). The summed E-state index contributed by atoms with van der Waals surface area (Å²) in [5.41, 5.74) is 1.38. The number of amidine groups is 1. The van der Waals surface area contributed by atoms with Crippen LogP contribution in [0.1, 0.15) is 19.4 Å². The van der Waals surface area contributed by atoms with E-state index < -0.39 is 0 Å². The second-order valence-corrected chi connectivity index (χ2v) is 5.24. The van der Waals surface area contributed by atoms with Gasteiger partial charge in [0.15, 0.2) is 5.17 Å². The first-order valence-electron chi connectivity index (χ1n) is 5.00. The summed E-state index contributed by atoms with van der Waals surface area (Å²) in [5.74, 6) is 1.09. The summed E-state index contributed by atoms with van der Waals surface area (Å²) < 4.78 is 0. The molecular formula is C11H15N3S. The van der Waals surface area contributed by atoms with Crippen LogP contribution in [0.2, 0.25) is 0 Å². The van der Waals surface area contributed by atoms with E-state index >= 15 is 0 Å². The molecule has 80 valence electrons. The van der Waals surface area contributed by atoms with Crippen LogP contribution in [0.5, 0.6) is 0 Å². The fraction of sp³-hybridized carbons (Fsp3) is 0.455. The minimum atomic E-state index is 0.182. The van der Waals surface area contributed by atoms with Crippen LogP contribution in [-0.4, -0.2) is 21.4 Å². The van der Waals surface area contributed by atoms with Crippen LogP contribution < -0.4 is 5.32 Å². The molecule has 0 amide bonds. The highest BCUT2D eigenvalue weighted by Crippen LogP contribution is 2.22. The minimum Gasteiger partial charge on any atom is -0.359 e. The van der Waals surface area contributed by atoms with Crippen LogP contribution in [0.3, 0.4) is 0 Å². The Labute approximate surface area is 94.4 Å². The molecule has 0 aromatic carbocycles. The zero-order valence-electron chi connectivity index (χ0n) is 9.03. The molecule has 1 aliphatic heterocycles. The van der Waals surface area contributed by atoms with Crippen molar-refractivity contribution in [3.05, 3.63) is 30.1 Å². The molecule has 15 heavy (non-hydrogen) atoms. The van der Waals surface area contributed by atoms with Crippen molar-refractivity contribution in [1.29, 1.82) is 0 Å². The molecule has 3 nitrogen and oxygen atoms in total. The van der Waals surface area contributed by atoms with Crippen LogP contribution in [0.4, 0.5) is 0 Å². The molecule has 1 saturated heterocycles. The summed E-state index contributed by atoms with van der Waals surface area (Å²) in [4.78, 5) is 8.51. The van der Waals surface area contributed by atoms with Crippen molar-refractivity contribution in [1.82, 2.24) is 10.3 Å². The molecule has 0 bridgehead atoms. The van der Waals surface area contributed by atoms with Gasteiger partial charge in [0.2, 0.25) is 0 Å². The van der Waals surface area contributed by atoms with Gasteiger partial charge in [0, 0.05) is 23.7 Å². The first-order chi connectivity index (χ1) is 7.16. The smallest absolute Gasteiger partial charge is 0.157 e. The monoisotopic (exact) mass is 221 g/mol. The van der Waals surface area contributed by atoms with E-state index in [-0.39, 0.29) is 5.54 Å². The SMILES string of the molecule is CC1(C)CSC(=NCc2ccncc2)N1. The van der Waals surface area contributed by atoms with Crippen molar-refractivity contribution in [2.24, 2.45) is 4.99 Å². The summed E-state index contributed by atoms with van der Waals surface area (Å²) in [6, 6.07) is 3.99. The number of nitrogens with one attached hydrogen (secondary N) is 1. The van der Waals surface area contributed by atoms with Crippen LogP contribution in [0.15, 0.2) is 29.5 Å². The zero-order valence-corrected chi connectivity index (χ0v) is 9.84. The third-order valence-electron chi connectivity index (χ3n) is 2.17. The van der Waals surface area contributed by atoms with Gasteiger partial charge in [-0.25, -0.2) is 0 Å². The Morgan fingerprint density at radius 3 is 2.80 bits per heavy atom. The van der Waals surface area contributed by atoms with E-state index in [0.29, 0.717) is 0 Å². The summed E-state index contributed by atoms with van der Waals surface area (Å²) in [5, 5.41) is 4.45. The average molecular weight is 221 g/mol. The Bertz CT molecular complexity index is 359. The molecule has 0 radical (unpaired) electrons. The molecule has 0 saturated carbocycles. The number of nitrogens with zero attached hydrogens (tertiary/aromatic N) is 2. The highest BCUT2D eigenvalue weighted by molar-refractivity contribution is 8.14. The van der Waals surface area contributed by atoms with Gasteiger partial charge in [0.1, 0.15) is 0 Å². The minimum absolute atomic E-state index is 0.182.